The fourth-order valence-corrected chi connectivity index (χ4v) is 2.44. The van der Waals surface area contributed by atoms with Crippen molar-refractivity contribution in [2.45, 2.75) is 56.8 Å². The van der Waals surface area contributed by atoms with E-state index in [-0.39, 0.29) is 12.2 Å². The van der Waals surface area contributed by atoms with E-state index < -0.39 is 60.2 Å². The van der Waals surface area contributed by atoms with E-state index >= 15 is 0 Å². The molecular formula is C16H29N5O7S. The van der Waals surface area contributed by atoms with Crippen LogP contribution in [0.25, 0.3) is 0 Å². The summed E-state index contributed by atoms with van der Waals surface area (Å²) in [5, 5.41) is 24.7. The highest BCUT2D eigenvalue weighted by Crippen LogP contribution is 2.03. The van der Waals surface area contributed by atoms with Crippen molar-refractivity contribution in [2.24, 2.45) is 11.5 Å². The lowest BCUT2D eigenvalue weighted by molar-refractivity contribution is -0.147. The first kappa shape index (κ1) is 26.6. The summed E-state index contributed by atoms with van der Waals surface area (Å²) < 4.78 is 0. The molecule has 0 heterocycles. The summed E-state index contributed by atoms with van der Waals surface area (Å²) in [6.07, 6.45) is 0.564. The first-order chi connectivity index (χ1) is 13.5. The molecule has 3 amide bonds. The van der Waals surface area contributed by atoms with Gasteiger partial charge in [-0.25, -0.2) is 4.79 Å². The van der Waals surface area contributed by atoms with Crippen LogP contribution in [-0.4, -0.2) is 76.3 Å². The van der Waals surface area contributed by atoms with Crippen LogP contribution in [0.2, 0.25) is 0 Å². The second kappa shape index (κ2) is 13.7. The zero-order chi connectivity index (χ0) is 22.6. The number of thiol groups is 1. The molecule has 0 aromatic carbocycles. The van der Waals surface area contributed by atoms with Crippen LogP contribution in [0, 0.1) is 0 Å². The van der Waals surface area contributed by atoms with E-state index in [1.54, 1.807) is 0 Å². The molecule has 13 heteroatoms. The number of amides is 3. The van der Waals surface area contributed by atoms with Crippen molar-refractivity contribution < 1.29 is 34.2 Å². The van der Waals surface area contributed by atoms with Crippen molar-refractivity contribution in [3.63, 3.8) is 0 Å². The average molecular weight is 436 g/mol. The van der Waals surface area contributed by atoms with Gasteiger partial charge >= 0.3 is 11.9 Å². The maximum absolute atomic E-state index is 12.5. The topological polar surface area (TPSA) is 214 Å². The van der Waals surface area contributed by atoms with Crippen LogP contribution in [0.1, 0.15) is 32.6 Å². The lowest BCUT2D eigenvalue weighted by Crippen LogP contribution is -2.57. The molecule has 4 unspecified atom stereocenters. The Morgan fingerprint density at radius 1 is 0.897 bits per heavy atom. The molecule has 0 spiro atoms. The van der Waals surface area contributed by atoms with Gasteiger partial charge in [-0.15, -0.1) is 0 Å². The molecule has 0 aliphatic heterocycles. The third-order valence-corrected chi connectivity index (χ3v) is 4.17. The van der Waals surface area contributed by atoms with E-state index in [1.165, 1.54) is 6.92 Å². The SMILES string of the molecule is CC(N)C(=O)NC(CCCCN)C(=O)NC(CS)C(=O)NC(CC(=O)O)C(=O)O. The van der Waals surface area contributed by atoms with Gasteiger partial charge in [0.1, 0.15) is 18.1 Å². The summed E-state index contributed by atoms with van der Waals surface area (Å²) in [4.78, 5) is 58.5. The molecule has 0 aromatic rings. The number of carboxylic acid groups (broad SMARTS) is 2. The number of rotatable bonds is 14. The molecule has 29 heavy (non-hydrogen) atoms. The van der Waals surface area contributed by atoms with E-state index in [0.29, 0.717) is 19.4 Å². The van der Waals surface area contributed by atoms with Crippen molar-refractivity contribution in [1.82, 2.24) is 16.0 Å². The number of hydrogen-bond acceptors (Lipinski definition) is 8. The molecule has 0 aromatic heterocycles. The van der Waals surface area contributed by atoms with Crippen molar-refractivity contribution in [3.8, 4) is 0 Å². The van der Waals surface area contributed by atoms with Gasteiger partial charge in [-0.3, -0.25) is 19.2 Å². The molecule has 9 N–H and O–H groups in total. The van der Waals surface area contributed by atoms with Crippen LogP contribution < -0.4 is 27.4 Å². The minimum absolute atomic E-state index is 0.187. The summed E-state index contributed by atoms with van der Waals surface area (Å²) in [5.74, 6) is -5.29. The molecule has 166 valence electrons. The highest BCUT2D eigenvalue weighted by molar-refractivity contribution is 7.80. The van der Waals surface area contributed by atoms with Gasteiger partial charge in [-0.2, -0.15) is 12.6 Å². The number of unbranched alkanes of at least 4 members (excludes halogenated alkanes) is 1. The average Bonchev–Trinajstić information content (AvgIpc) is 2.63. The molecule has 0 saturated carbocycles. The zero-order valence-corrected chi connectivity index (χ0v) is 17.0. The van der Waals surface area contributed by atoms with Crippen molar-refractivity contribution in [1.29, 1.82) is 0 Å². The number of carboxylic acids is 2. The molecule has 0 bridgehead atoms. The maximum Gasteiger partial charge on any atom is 0.326 e. The summed E-state index contributed by atoms with van der Waals surface area (Å²) >= 11 is 3.97. The van der Waals surface area contributed by atoms with Gasteiger partial charge in [-0.05, 0) is 32.7 Å². The van der Waals surface area contributed by atoms with Gasteiger partial charge in [-0.1, -0.05) is 0 Å². The van der Waals surface area contributed by atoms with Gasteiger partial charge < -0.3 is 37.6 Å². The highest BCUT2D eigenvalue weighted by atomic mass is 32.1. The van der Waals surface area contributed by atoms with Crippen LogP contribution >= 0.6 is 12.6 Å². The lowest BCUT2D eigenvalue weighted by Gasteiger charge is -2.24. The Bertz CT molecular complexity index is 602. The van der Waals surface area contributed by atoms with E-state index in [2.05, 4.69) is 23.3 Å². The lowest BCUT2D eigenvalue weighted by atomic mass is 10.1. The van der Waals surface area contributed by atoms with Gasteiger partial charge in [0.2, 0.25) is 17.7 Å². The molecule has 0 fully saturated rings. The first-order valence-electron chi connectivity index (χ1n) is 8.95. The zero-order valence-electron chi connectivity index (χ0n) is 16.1. The molecule has 0 aliphatic carbocycles. The maximum atomic E-state index is 12.5. The summed E-state index contributed by atoms with van der Waals surface area (Å²) in [7, 11) is 0. The molecule has 12 nitrogen and oxygen atoms in total. The van der Waals surface area contributed by atoms with Crippen molar-refractivity contribution in [3.05, 3.63) is 0 Å². The minimum Gasteiger partial charge on any atom is -0.481 e. The van der Waals surface area contributed by atoms with Crippen LogP contribution in [0.3, 0.4) is 0 Å². The predicted molar refractivity (Wildman–Crippen MR) is 106 cm³/mol. The molecule has 4 atom stereocenters. The molecule has 0 radical (unpaired) electrons. The monoisotopic (exact) mass is 435 g/mol. The van der Waals surface area contributed by atoms with Crippen LogP contribution in [0.4, 0.5) is 0 Å². The van der Waals surface area contributed by atoms with Crippen molar-refractivity contribution >= 4 is 42.3 Å². The number of nitrogens with one attached hydrogen (secondary N) is 3. The first-order valence-corrected chi connectivity index (χ1v) is 9.58. The van der Waals surface area contributed by atoms with E-state index in [9.17, 15) is 24.0 Å². The van der Waals surface area contributed by atoms with Crippen LogP contribution in [-0.2, 0) is 24.0 Å². The Balaban J connectivity index is 5.14. The number of nitrogens with two attached hydrogens (primary N) is 2. The molecular weight excluding hydrogens is 406 g/mol. The Morgan fingerprint density at radius 2 is 1.41 bits per heavy atom. The van der Waals surface area contributed by atoms with E-state index in [1.807, 2.05) is 5.32 Å². The van der Waals surface area contributed by atoms with Gasteiger partial charge in [0.25, 0.3) is 0 Å². The van der Waals surface area contributed by atoms with Crippen molar-refractivity contribution in [2.75, 3.05) is 12.3 Å². The Hall–Kier alpha value is -2.38. The van der Waals surface area contributed by atoms with Gasteiger partial charge in [0.15, 0.2) is 0 Å². The smallest absolute Gasteiger partial charge is 0.326 e. The number of carbonyl (C=O) groups excluding carboxylic acids is 3. The largest absolute Gasteiger partial charge is 0.481 e. The Morgan fingerprint density at radius 3 is 1.86 bits per heavy atom. The van der Waals surface area contributed by atoms with Gasteiger partial charge in [0, 0.05) is 5.75 Å². The second-order valence-corrected chi connectivity index (χ2v) is 6.74. The fraction of sp³-hybridized carbons (Fsp3) is 0.688. The predicted octanol–water partition coefficient (Wildman–Crippen LogP) is -2.59. The summed E-state index contributed by atoms with van der Waals surface area (Å²) in [5.41, 5.74) is 10.9. The van der Waals surface area contributed by atoms with Crippen LogP contribution in [0.5, 0.6) is 0 Å². The third kappa shape index (κ3) is 10.7. The standard InChI is InChI=1S/C16H29N5O7S/c1-8(18)13(24)19-9(4-2-3-5-17)14(25)21-11(7-29)15(26)20-10(16(27)28)6-12(22)23/h8-11,29H,2-7,17-18H2,1H3,(H,19,24)(H,20,26)(H,21,25)(H,22,23)(H,27,28). The minimum atomic E-state index is -1.67. The Kier molecular flexibility index (Phi) is 12.6. The number of hydrogen-bond donors (Lipinski definition) is 8. The molecule has 0 saturated heterocycles. The fourth-order valence-electron chi connectivity index (χ4n) is 2.18. The quantitative estimate of drug-likeness (QED) is 0.106. The second-order valence-electron chi connectivity index (χ2n) is 6.38. The Labute approximate surface area is 173 Å². The summed E-state index contributed by atoms with van der Waals surface area (Å²) in [6.45, 7) is 1.85. The molecule has 0 aliphatic rings. The van der Waals surface area contributed by atoms with E-state index in [0.717, 1.165) is 0 Å². The third-order valence-electron chi connectivity index (χ3n) is 3.80. The van der Waals surface area contributed by atoms with Gasteiger partial charge in [0.05, 0.1) is 12.5 Å². The molecule has 0 rings (SSSR count). The normalized spacial score (nSPS) is 14.8. The number of carbonyl (C=O) groups is 5. The highest BCUT2D eigenvalue weighted by Gasteiger charge is 2.30. The number of aliphatic carboxylic acids is 2. The van der Waals surface area contributed by atoms with Crippen LogP contribution in [0.15, 0.2) is 0 Å². The summed E-state index contributed by atoms with van der Waals surface area (Å²) in [6, 6.07) is -4.75. The van der Waals surface area contributed by atoms with E-state index in [4.69, 9.17) is 21.7 Å².